The minimum absolute atomic E-state index is 0.0194. The van der Waals surface area contributed by atoms with Crippen LogP contribution in [0.1, 0.15) is 25.7 Å². The van der Waals surface area contributed by atoms with Crippen molar-refractivity contribution in [1.29, 1.82) is 0 Å². The minimum atomic E-state index is 0.0194. The van der Waals surface area contributed by atoms with Crippen molar-refractivity contribution in [2.24, 2.45) is 0 Å². The quantitative estimate of drug-likeness (QED) is 0.740. The summed E-state index contributed by atoms with van der Waals surface area (Å²) in [5.74, 6) is 1.55. The van der Waals surface area contributed by atoms with Crippen molar-refractivity contribution in [1.82, 2.24) is 25.5 Å². The van der Waals surface area contributed by atoms with Crippen LogP contribution in [0, 0.1) is 0 Å². The molecule has 2 aromatic rings. The van der Waals surface area contributed by atoms with Gasteiger partial charge in [-0.05, 0) is 36.4 Å². The van der Waals surface area contributed by atoms with Crippen molar-refractivity contribution in [3.8, 4) is 11.4 Å². The molecule has 21 heavy (non-hydrogen) atoms. The first-order chi connectivity index (χ1) is 10.3. The Morgan fingerprint density at radius 2 is 2.24 bits per heavy atom. The van der Waals surface area contributed by atoms with Gasteiger partial charge in [-0.1, -0.05) is 6.07 Å². The van der Waals surface area contributed by atoms with Crippen LogP contribution < -0.4 is 10.1 Å². The first-order valence-electron chi connectivity index (χ1n) is 7.00. The molecule has 0 aliphatic carbocycles. The van der Waals surface area contributed by atoms with Crippen molar-refractivity contribution < 1.29 is 9.47 Å². The molecule has 2 rings (SSSR count). The molecule has 0 fully saturated rings. The Hall–Kier alpha value is -1.99. The molecule has 7 heteroatoms. The van der Waals surface area contributed by atoms with Gasteiger partial charge in [-0.15, -0.1) is 5.10 Å². The van der Waals surface area contributed by atoms with E-state index < -0.39 is 0 Å². The largest absolute Gasteiger partial charge is 0.494 e. The van der Waals surface area contributed by atoms with Gasteiger partial charge in [-0.2, -0.15) is 4.68 Å². The van der Waals surface area contributed by atoms with Crippen molar-refractivity contribution in [2.45, 2.75) is 19.9 Å². The van der Waals surface area contributed by atoms with E-state index >= 15 is 0 Å². The van der Waals surface area contributed by atoms with Gasteiger partial charge in [0, 0.05) is 19.7 Å². The van der Waals surface area contributed by atoms with Crippen LogP contribution >= 0.6 is 0 Å². The number of aromatic nitrogens is 4. The Morgan fingerprint density at radius 1 is 1.38 bits per heavy atom. The van der Waals surface area contributed by atoms with Gasteiger partial charge < -0.3 is 14.8 Å². The standard InChI is InChI=1S/C14H21N5O2/c1-4-21-13-7-5-6-12(10-13)19-14(16-17-18-19)11(2)15-8-9-20-3/h5-7,10-11,15H,4,8-9H2,1-3H3. The molecule has 0 aliphatic rings. The van der Waals surface area contributed by atoms with E-state index in [2.05, 4.69) is 20.8 Å². The zero-order chi connectivity index (χ0) is 15.1. The normalized spacial score (nSPS) is 12.3. The Labute approximate surface area is 124 Å². The van der Waals surface area contributed by atoms with E-state index in [9.17, 15) is 0 Å². The summed E-state index contributed by atoms with van der Waals surface area (Å²) in [6, 6.07) is 7.73. The Kier molecular flexibility index (Phi) is 5.65. The average molecular weight is 291 g/mol. The van der Waals surface area contributed by atoms with Crippen molar-refractivity contribution >= 4 is 0 Å². The van der Waals surface area contributed by atoms with E-state index in [0.29, 0.717) is 13.2 Å². The van der Waals surface area contributed by atoms with Crippen LogP contribution in [0.5, 0.6) is 5.75 Å². The lowest BCUT2D eigenvalue weighted by Gasteiger charge is -2.13. The molecule has 0 spiro atoms. The monoisotopic (exact) mass is 291 g/mol. The van der Waals surface area contributed by atoms with E-state index in [-0.39, 0.29) is 6.04 Å². The number of ether oxygens (including phenoxy) is 2. The zero-order valence-corrected chi connectivity index (χ0v) is 12.6. The molecule has 0 saturated carbocycles. The van der Waals surface area contributed by atoms with Gasteiger partial charge in [0.1, 0.15) is 5.75 Å². The van der Waals surface area contributed by atoms with Crippen LogP contribution in [0.3, 0.4) is 0 Å². The molecule has 1 aromatic carbocycles. The highest BCUT2D eigenvalue weighted by atomic mass is 16.5. The summed E-state index contributed by atoms with van der Waals surface area (Å²) in [5, 5.41) is 15.3. The Balaban J connectivity index is 2.17. The Bertz CT molecular complexity index is 558. The number of nitrogens with one attached hydrogen (secondary N) is 1. The first kappa shape index (κ1) is 15.4. The van der Waals surface area contributed by atoms with Crippen LogP contribution in [-0.4, -0.2) is 47.1 Å². The summed E-state index contributed by atoms with van der Waals surface area (Å²) in [6.45, 7) is 5.98. The maximum absolute atomic E-state index is 5.51. The van der Waals surface area contributed by atoms with Gasteiger partial charge in [-0.25, -0.2) is 0 Å². The van der Waals surface area contributed by atoms with E-state index in [0.717, 1.165) is 23.8 Å². The predicted molar refractivity (Wildman–Crippen MR) is 78.6 cm³/mol. The fraction of sp³-hybridized carbons (Fsp3) is 0.500. The molecule has 1 heterocycles. The molecule has 0 saturated heterocycles. The van der Waals surface area contributed by atoms with Crippen LogP contribution in [0.15, 0.2) is 24.3 Å². The number of nitrogens with zero attached hydrogens (tertiary/aromatic N) is 4. The van der Waals surface area contributed by atoms with Gasteiger partial charge in [0.05, 0.1) is 24.9 Å². The highest BCUT2D eigenvalue weighted by Crippen LogP contribution is 2.19. The number of hydrogen-bond acceptors (Lipinski definition) is 6. The number of hydrogen-bond donors (Lipinski definition) is 1. The molecule has 0 aliphatic heterocycles. The van der Waals surface area contributed by atoms with Crippen molar-refractivity contribution in [3.05, 3.63) is 30.1 Å². The third-order valence-corrected chi connectivity index (χ3v) is 3.01. The molecule has 1 atom stereocenters. The van der Waals surface area contributed by atoms with Gasteiger partial charge in [0.2, 0.25) is 0 Å². The second-order valence-electron chi connectivity index (χ2n) is 4.55. The first-order valence-corrected chi connectivity index (χ1v) is 7.00. The molecule has 1 unspecified atom stereocenters. The minimum Gasteiger partial charge on any atom is -0.494 e. The SMILES string of the molecule is CCOc1cccc(-n2nnnc2C(C)NCCOC)c1. The number of rotatable bonds is 8. The lowest BCUT2D eigenvalue weighted by molar-refractivity contribution is 0.196. The molecule has 0 bridgehead atoms. The highest BCUT2D eigenvalue weighted by Gasteiger charge is 2.15. The summed E-state index contributed by atoms with van der Waals surface area (Å²) >= 11 is 0. The average Bonchev–Trinajstić information content (AvgIpc) is 2.97. The van der Waals surface area contributed by atoms with Crippen molar-refractivity contribution in [2.75, 3.05) is 26.9 Å². The van der Waals surface area contributed by atoms with E-state index in [1.807, 2.05) is 38.1 Å². The molecular weight excluding hydrogens is 270 g/mol. The van der Waals surface area contributed by atoms with Gasteiger partial charge >= 0.3 is 0 Å². The molecule has 1 aromatic heterocycles. The van der Waals surface area contributed by atoms with Crippen molar-refractivity contribution in [3.63, 3.8) is 0 Å². The maximum atomic E-state index is 5.51. The number of benzene rings is 1. The molecule has 114 valence electrons. The van der Waals surface area contributed by atoms with E-state index in [1.54, 1.807) is 11.8 Å². The fourth-order valence-electron chi connectivity index (χ4n) is 1.99. The summed E-state index contributed by atoms with van der Waals surface area (Å²) in [4.78, 5) is 0. The molecule has 7 nitrogen and oxygen atoms in total. The highest BCUT2D eigenvalue weighted by molar-refractivity contribution is 5.39. The van der Waals surface area contributed by atoms with Crippen LogP contribution in [0.4, 0.5) is 0 Å². The van der Waals surface area contributed by atoms with Gasteiger partial charge in [-0.3, -0.25) is 0 Å². The topological polar surface area (TPSA) is 74.1 Å². The zero-order valence-electron chi connectivity index (χ0n) is 12.6. The molecule has 0 radical (unpaired) electrons. The summed E-state index contributed by atoms with van der Waals surface area (Å²) in [5.41, 5.74) is 0.876. The second kappa shape index (κ2) is 7.70. The summed E-state index contributed by atoms with van der Waals surface area (Å²) in [7, 11) is 1.68. The van der Waals surface area contributed by atoms with Gasteiger partial charge in [0.15, 0.2) is 5.82 Å². The molecular formula is C14H21N5O2. The third kappa shape index (κ3) is 3.99. The molecule has 0 amide bonds. The third-order valence-electron chi connectivity index (χ3n) is 3.01. The van der Waals surface area contributed by atoms with Crippen LogP contribution in [0.25, 0.3) is 5.69 Å². The van der Waals surface area contributed by atoms with E-state index in [4.69, 9.17) is 9.47 Å². The fourth-order valence-corrected chi connectivity index (χ4v) is 1.99. The Morgan fingerprint density at radius 3 is 3.00 bits per heavy atom. The smallest absolute Gasteiger partial charge is 0.173 e. The maximum Gasteiger partial charge on any atom is 0.173 e. The molecule has 1 N–H and O–H groups in total. The second-order valence-corrected chi connectivity index (χ2v) is 4.55. The lowest BCUT2D eigenvalue weighted by atomic mass is 10.2. The van der Waals surface area contributed by atoms with Crippen LogP contribution in [-0.2, 0) is 4.74 Å². The summed E-state index contributed by atoms with van der Waals surface area (Å²) in [6.07, 6.45) is 0. The predicted octanol–water partition coefficient (Wildman–Crippen LogP) is 1.36. The van der Waals surface area contributed by atoms with Gasteiger partial charge in [0.25, 0.3) is 0 Å². The van der Waals surface area contributed by atoms with Crippen LogP contribution in [0.2, 0.25) is 0 Å². The number of tetrazole rings is 1. The van der Waals surface area contributed by atoms with E-state index in [1.165, 1.54) is 0 Å². The lowest BCUT2D eigenvalue weighted by Crippen LogP contribution is -2.25. The number of methoxy groups -OCH3 is 1. The summed E-state index contributed by atoms with van der Waals surface area (Å²) < 4.78 is 12.3.